The van der Waals surface area contributed by atoms with Gasteiger partial charge in [-0.05, 0) is 24.2 Å². The van der Waals surface area contributed by atoms with Crippen LogP contribution in [-0.2, 0) is 14.3 Å². The van der Waals surface area contributed by atoms with Crippen LogP contribution in [0.2, 0.25) is 0 Å². The molecule has 3 heteroatoms. The molecule has 0 aromatic carbocycles. The topological polar surface area (TPSA) is 43.4 Å². The summed E-state index contributed by atoms with van der Waals surface area (Å²) in [7, 11) is 1.40. The first-order valence-corrected chi connectivity index (χ1v) is 5.58. The maximum Gasteiger partial charge on any atom is 0.309 e. The predicted molar refractivity (Wildman–Crippen MR) is 55.1 cm³/mol. The van der Waals surface area contributed by atoms with Crippen LogP contribution in [0.1, 0.15) is 33.1 Å². The second kappa shape index (κ2) is 3.32. The zero-order valence-electron chi connectivity index (χ0n) is 9.58. The number of fused-ring (bicyclic) bond motifs is 1. The molecule has 0 spiro atoms. The molecule has 0 saturated heterocycles. The summed E-state index contributed by atoms with van der Waals surface area (Å²) >= 11 is 0. The van der Waals surface area contributed by atoms with Crippen LogP contribution in [0.15, 0.2) is 0 Å². The van der Waals surface area contributed by atoms with Gasteiger partial charge in [-0.25, -0.2) is 0 Å². The van der Waals surface area contributed by atoms with Crippen LogP contribution < -0.4 is 0 Å². The molecule has 3 atom stereocenters. The molecule has 0 radical (unpaired) electrons. The van der Waals surface area contributed by atoms with Crippen molar-refractivity contribution in [3.8, 4) is 0 Å². The molecule has 2 saturated carbocycles. The summed E-state index contributed by atoms with van der Waals surface area (Å²) in [6.07, 6.45) is 2.39. The monoisotopic (exact) mass is 210 g/mol. The second-order valence-electron chi connectivity index (χ2n) is 5.46. The molecule has 0 aromatic heterocycles. The molecular weight excluding hydrogens is 192 g/mol. The minimum atomic E-state index is -0.203. The van der Waals surface area contributed by atoms with Crippen molar-refractivity contribution in [2.24, 2.45) is 23.2 Å². The first kappa shape index (κ1) is 10.7. The molecule has 2 rings (SSSR count). The van der Waals surface area contributed by atoms with Crippen LogP contribution in [0.4, 0.5) is 0 Å². The van der Waals surface area contributed by atoms with E-state index in [1.165, 1.54) is 7.11 Å². The molecule has 0 unspecified atom stereocenters. The molecule has 0 bridgehead atoms. The first-order chi connectivity index (χ1) is 6.97. The van der Waals surface area contributed by atoms with E-state index in [0.717, 1.165) is 12.8 Å². The van der Waals surface area contributed by atoms with Crippen molar-refractivity contribution in [3.05, 3.63) is 0 Å². The van der Waals surface area contributed by atoms with Crippen molar-refractivity contribution >= 4 is 11.8 Å². The maximum atomic E-state index is 11.8. The zero-order valence-corrected chi connectivity index (χ0v) is 9.58. The molecular formula is C12H18O3. The van der Waals surface area contributed by atoms with Crippen LogP contribution in [0, 0.1) is 23.2 Å². The first-order valence-electron chi connectivity index (χ1n) is 5.58. The van der Waals surface area contributed by atoms with Crippen molar-refractivity contribution < 1.29 is 14.3 Å². The van der Waals surface area contributed by atoms with Gasteiger partial charge < -0.3 is 4.74 Å². The average molecular weight is 210 g/mol. The number of ether oxygens (including phenoxy) is 1. The van der Waals surface area contributed by atoms with Gasteiger partial charge in [0.15, 0.2) is 0 Å². The summed E-state index contributed by atoms with van der Waals surface area (Å²) in [5.41, 5.74) is 0.107. The van der Waals surface area contributed by atoms with Gasteiger partial charge in [0.05, 0.1) is 13.0 Å². The van der Waals surface area contributed by atoms with Gasteiger partial charge in [-0.2, -0.15) is 0 Å². The Kier molecular flexibility index (Phi) is 2.36. The number of hydrogen-bond donors (Lipinski definition) is 0. The SMILES string of the molecule is COC(=O)[C@@H]1CC(C)(C)[C@H]2CCC(=O)[C@@H]12. The van der Waals surface area contributed by atoms with Crippen LogP contribution >= 0.6 is 0 Å². The van der Waals surface area contributed by atoms with Gasteiger partial charge >= 0.3 is 5.97 Å². The van der Waals surface area contributed by atoms with Gasteiger partial charge in [0.2, 0.25) is 0 Å². The van der Waals surface area contributed by atoms with Crippen molar-refractivity contribution in [1.29, 1.82) is 0 Å². The Hall–Kier alpha value is -0.860. The third kappa shape index (κ3) is 1.48. The van der Waals surface area contributed by atoms with Crippen LogP contribution in [-0.4, -0.2) is 18.9 Å². The van der Waals surface area contributed by atoms with Gasteiger partial charge in [-0.15, -0.1) is 0 Å². The molecule has 0 heterocycles. The Bertz CT molecular complexity index is 306. The highest BCUT2D eigenvalue weighted by Crippen LogP contribution is 2.56. The Labute approximate surface area is 90.2 Å². The summed E-state index contributed by atoms with van der Waals surface area (Å²) in [4.78, 5) is 23.4. The summed E-state index contributed by atoms with van der Waals surface area (Å²) in [5, 5.41) is 0. The van der Waals surface area contributed by atoms with E-state index in [1.54, 1.807) is 0 Å². The Balaban J connectivity index is 2.28. The van der Waals surface area contributed by atoms with E-state index < -0.39 is 0 Å². The number of carbonyl (C=O) groups excluding carboxylic acids is 2. The molecule has 84 valence electrons. The zero-order chi connectivity index (χ0) is 11.2. The highest BCUT2D eigenvalue weighted by molar-refractivity contribution is 5.89. The number of Topliss-reactive ketones (excluding diaryl/α,β-unsaturated/α-hetero) is 1. The lowest BCUT2D eigenvalue weighted by atomic mass is 9.80. The fourth-order valence-corrected chi connectivity index (χ4v) is 3.48. The normalized spacial score (nSPS) is 37.8. The minimum absolute atomic E-state index is 0.0625. The number of ketones is 1. The molecule has 0 N–H and O–H groups in total. The second-order valence-corrected chi connectivity index (χ2v) is 5.46. The van der Waals surface area contributed by atoms with Crippen molar-refractivity contribution in [1.82, 2.24) is 0 Å². The van der Waals surface area contributed by atoms with Crippen molar-refractivity contribution in [2.45, 2.75) is 33.1 Å². The fraction of sp³-hybridized carbons (Fsp3) is 0.833. The molecule has 2 aliphatic carbocycles. The van der Waals surface area contributed by atoms with Gasteiger partial charge in [-0.1, -0.05) is 13.8 Å². The maximum absolute atomic E-state index is 11.8. The Morgan fingerprint density at radius 1 is 1.47 bits per heavy atom. The lowest BCUT2D eigenvalue weighted by Gasteiger charge is -2.24. The average Bonchev–Trinajstić information content (AvgIpc) is 2.67. The molecule has 2 fully saturated rings. The van der Waals surface area contributed by atoms with E-state index >= 15 is 0 Å². The number of carbonyl (C=O) groups is 2. The predicted octanol–water partition coefficient (Wildman–Crippen LogP) is 1.80. The third-order valence-electron chi connectivity index (χ3n) is 4.19. The quantitative estimate of drug-likeness (QED) is 0.620. The summed E-state index contributed by atoms with van der Waals surface area (Å²) < 4.78 is 4.79. The lowest BCUT2D eigenvalue weighted by molar-refractivity contribution is -0.148. The number of rotatable bonds is 1. The van der Waals surface area contributed by atoms with E-state index in [9.17, 15) is 9.59 Å². The minimum Gasteiger partial charge on any atom is -0.469 e. The Morgan fingerprint density at radius 3 is 2.73 bits per heavy atom. The summed E-state index contributed by atoms with van der Waals surface area (Å²) in [6.45, 7) is 4.32. The van der Waals surface area contributed by atoms with Gasteiger partial charge in [0, 0.05) is 12.3 Å². The summed E-state index contributed by atoms with van der Waals surface area (Å²) in [6, 6.07) is 0. The number of methoxy groups -OCH3 is 1. The summed E-state index contributed by atoms with van der Waals surface area (Å²) in [5.74, 6) is 0.193. The number of hydrogen-bond acceptors (Lipinski definition) is 3. The van der Waals surface area contributed by atoms with Crippen LogP contribution in [0.25, 0.3) is 0 Å². The van der Waals surface area contributed by atoms with E-state index in [4.69, 9.17) is 4.74 Å². The fourth-order valence-electron chi connectivity index (χ4n) is 3.48. The largest absolute Gasteiger partial charge is 0.469 e. The molecule has 2 aliphatic rings. The van der Waals surface area contributed by atoms with E-state index in [-0.39, 0.29) is 29.0 Å². The van der Waals surface area contributed by atoms with E-state index in [1.807, 2.05) is 0 Å². The third-order valence-corrected chi connectivity index (χ3v) is 4.19. The van der Waals surface area contributed by atoms with E-state index in [2.05, 4.69) is 13.8 Å². The number of esters is 1. The highest BCUT2D eigenvalue weighted by Gasteiger charge is 2.56. The smallest absolute Gasteiger partial charge is 0.309 e. The van der Waals surface area contributed by atoms with Crippen LogP contribution in [0.5, 0.6) is 0 Å². The standard InChI is InChI=1S/C12H18O3/c1-12(2)6-7(11(14)15-3)10-8(12)4-5-9(10)13/h7-8,10H,4-6H2,1-3H3/t7-,8+,10+/m1/s1. The molecule has 0 aliphatic heterocycles. The van der Waals surface area contributed by atoms with Crippen molar-refractivity contribution in [2.75, 3.05) is 7.11 Å². The van der Waals surface area contributed by atoms with Gasteiger partial charge in [-0.3, -0.25) is 9.59 Å². The van der Waals surface area contributed by atoms with Gasteiger partial charge in [0.25, 0.3) is 0 Å². The van der Waals surface area contributed by atoms with E-state index in [0.29, 0.717) is 12.3 Å². The molecule has 3 nitrogen and oxygen atoms in total. The molecule has 0 aromatic rings. The van der Waals surface area contributed by atoms with Gasteiger partial charge in [0.1, 0.15) is 5.78 Å². The van der Waals surface area contributed by atoms with Crippen LogP contribution in [0.3, 0.4) is 0 Å². The molecule has 0 amide bonds. The lowest BCUT2D eigenvalue weighted by Crippen LogP contribution is -2.25. The highest BCUT2D eigenvalue weighted by atomic mass is 16.5. The Morgan fingerprint density at radius 2 is 2.13 bits per heavy atom. The van der Waals surface area contributed by atoms with Crippen molar-refractivity contribution in [3.63, 3.8) is 0 Å². The molecule has 15 heavy (non-hydrogen) atoms.